The van der Waals surface area contributed by atoms with Gasteiger partial charge in [0.15, 0.2) is 12.4 Å². The maximum atomic E-state index is 12.8. The van der Waals surface area contributed by atoms with Gasteiger partial charge in [-0.3, -0.25) is 8.98 Å². The highest BCUT2D eigenvalue weighted by Crippen LogP contribution is 2.28. The Bertz CT molecular complexity index is 1240. The van der Waals surface area contributed by atoms with Crippen LogP contribution < -0.4 is 0 Å². The van der Waals surface area contributed by atoms with Crippen molar-refractivity contribution in [2.75, 3.05) is 12.8 Å². The minimum Gasteiger partial charge on any atom is -0.448 e. The molecular weight excluding hydrogens is 484 g/mol. The Morgan fingerprint density at radius 2 is 1.53 bits per heavy atom. The summed E-state index contributed by atoms with van der Waals surface area (Å²) < 4.78 is 48.2. The van der Waals surface area contributed by atoms with E-state index in [0.29, 0.717) is 5.56 Å². The van der Waals surface area contributed by atoms with Gasteiger partial charge in [0.2, 0.25) is 0 Å². The molecule has 0 aromatic heterocycles. The lowest BCUT2D eigenvalue weighted by Crippen LogP contribution is -2.59. The summed E-state index contributed by atoms with van der Waals surface area (Å²) in [6, 6.07) is 25.3. The van der Waals surface area contributed by atoms with Gasteiger partial charge in [0.25, 0.3) is 10.1 Å². The molecule has 9 heteroatoms. The third-order valence-electron chi connectivity index (χ3n) is 5.39. The van der Waals surface area contributed by atoms with Crippen molar-refractivity contribution in [3.05, 3.63) is 108 Å². The number of aliphatic hydroxyl groups is 1. The highest BCUT2D eigenvalue weighted by molar-refractivity contribution is 7.86. The summed E-state index contributed by atoms with van der Waals surface area (Å²) in [5.41, 5.74) is -0.939. The fraction of sp³-hybridized carbons (Fsp3) is 0.259. The van der Waals surface area contributed by atoms with Crippen LogP contribution in [0, 0.1) is 0 Å². The molecule has 190 valence electrons. The van der Waals surface area contributed by atoms with E-state index in [1.54, 1.807) is 72.8 Å². The van der Waals surface area contributed by atoms with Crippen molar-refractivity contribution >= 4 is 22.4 Å². The summed E-state index contributed by atoms with van der Waals surface area (Å²) in [5.74, 6) is -0.892. The fourth-order valence-corrected chi connectivity index (χ4v) is 4.19. The minimum atomic E-state index is -4.44. The van der Waals surface area contributed by atoms with Crippen LogP contribution >= 0.6 is 0 Å². The standard InChI is InChI=1S/C27H28O8S/c1-36(31,32)35-25(20-33-19-22-13-7-3-8-14-22)27(30,17-21-11-5-2-6-12-21)24(18-28)34-26(29)23-15-9-4-10-16-23/h2-16,18,24-25,30H,17,19-20H2,1H3/t24-,25+,27+/m0/s1/i1D. The Labute approximate surface area is 212 Å². The maximum absolute atomic E-state index is 12.8. The molecule has 1 N–H and O–H groups in total. The van der Waals surface area contributed by atoms with Crippen molar-refractivity contribution in [2.45, 2.75) is 30.8 Å². The number of aldehydes is 1. The number of carbonyl (C=O) groups excluding carboxylic acids is 2. The van der Waals surface area contributed by atoms with Gasteiger partial charge in [0, 0.05) is 7.79 Å². The molecule has 0 unspecified atom stereocenters. The monoisotopic (exact) mass is 513 g/mol. The maximum Gasteiger partial charge on any atom is 0.338 e. The van der Waals surface area contributed by atoms with Crippen LogP contribution in [0.25, 0.3) is 0 Å². The first-order valence-corrected chi connectivity index (χ1v) is 12.6. The van der Waals surface area contributed by atoms with Crippen LogP contribution in [0.4, 0.5) is 0 Å². The van der Waals surface area contributed by atoms with Gasteiger partial charge in [0.05, 0.1) is 25.0 Å². The number of rotatable bonds is 13. The molecule has 0 amide bonds. The molecule has 8 nitrogen and oxygen atoms in total. The molecule has 0 fully saturated rings. The number of hydrogen-bond donors (Lipinski definition) is 1. The Hall–Kier alpha value is -3.37. The zero-order valence-corrected chi connectivity index (χ0v) is 20.3. The highest BCUT2D eigenvalue weighted by Gasteiger charge is 2.49. The Morgan fingerprint density at radius 1 is 0.972 bits per heavy atom. The first-order valence-electron chi connectivity index (χ1n) is 11.8. The van der Waals surface area contributed by atoms with Crippen LogP contribution in [-0.2, 0) is 41.6 Å². The molecule has 0 aliphatic rings. The van der Waals surface area contributed by atoms with Crippen molar-refractivity contribution in [2.24, 2.45) is 0 Å². The molecule has 0 aliphatic heterocycles. The van der Waals surface area contributed by atoms with Gasteiger partial charge in [-0.25, -0.2) is 4.79 Å². The first-order chi connectivity index (χ1) is 17.8. The molecule has 0 radical (unpaired) electrons. The number of carbonyl (C=O) groups is 2. The molecule has 0 saturated heterocycles. The molecule has 3 atom stereocenters. The van der Waals surface area contributed by atoms with E-state index in [-0.39, 0.29) is 24.9 Å². The average molecular weight is 514 g/mol. The van der Waals surface area contributed by atoms with Gasteiger partial charge in [-0.1, -0.05) is 78.9 Å². The molecular formula is C27H28O8S. The second kappa shape index (κ2) is 12.5. The van der Waals surface area contributed by atoms with E-state index < -0.39 is 46.7 Å². The van der Waals surface area contributed by atoms with Crippen molar-refractivity contribution in [1.82, 2.24) is 0 Å². The van der Waals surface area contributed by atoms with Crippen LogP contribution in [0.15, 0.2) is 91.0 Å². The molecule has 0 saturated carbocycles. The van der Waals surface area contributed by atoms with Gasteiger partial charge >= 0.3 is 5.97 Å². The van der Waals surface area contributed by atoms with Gasteiger partial charge in [-0.05, 0) is 23.3 Å². The lowest BCUT2D eigenvalue weighted by atomic mass is 9.84. The van der Waals surface area contributed by atoms with E-state index in [1.165, 1.54) is 12.1 Å². The van der Waals surface area contributed by atoms with Gasteiger partial charge in [-0.2, -0.15) is 8.42 Å². The Morgan fingerprint density at radius 3 is 2.08 bits per heavy atom. The second-order valence-electron chi connectivity index (χ2n) is 8.12. The lowest BCUT2D eigenvalue weighted by Gasteiger charge is -2.38. The van der Waals surface area contributed by atoms with Gasteiger partial charge in [-0.15, -0.1) is 0 Å². The highest BCUT2D eigenvalue weighted by atomic mass is 32.2. The Balaban J connectivity index is 1.96. The number of benzene rings is 3. The summed E-state index contributed by atoms with van der Waals surface area (Å²) >= 11 is 0. The molecule has 3 aromatic rings. The third-order valence-corrected chi connectivity index (χ3v) is 5.92. The third kappa shape index (κ3) is 7.82. The van der Waals surface area contributed by atoms with E-state index in [4.69, 9.17) is 15.0 Å². The largest absolute Gasteiger partial charge is 0.448 e. The van der Waals surface area contributed by atoms with Gasteiger partial charge in [0.1, 0.15) is 11.7 Å². The fourth-order valence-electron chi connectivity index (χ4n) is 3.62. The summed E-state index contributed by atoms with van der Waals surface area (Å²) in [6.07, 6.45) is -4.73. The number of ether oxygens (including phenoxy) is 2. The predicted molar refractivity (Wildman–Crippen MR) is 133 cm³/mol. The number of esters is 1. The SMILES string of the molecule is [2H]CS(=O)(=O)O[C@H](COCc1ccccc1)[C@@](O)(Cc1ccccc1)[C@H](C=O)OC(=O)c1ccccc1. The van der Waals surface area contributed by atoms with Crippen molar-refractivity contribution in [3.8, 4) is 0 Å². The van der Waals surface area contributed by atoms with Crippen molar-refractivity contribution < 1.29 is 38.1 Å². The smallest absolute Gasteiger partial charge is 0.338 e. The van der Waals surface area contributed by atoms with Crippen LogP contribution in [0.5, 0.6) is 0 Å². The van der Waals surface area contributed by atoms with Crippen LogP contribution in [0.3, 0.4) is 0 Å². The summed E-state index contributed by atoms with van der Waals surface area (Å²) in [7, 11) is -4.44. The first kappa shape index (κ1) is 25.7. The zero-order valence-electron chi connectivity index (χ0n) is 20.4. The predicted octanol–water partition coefficient (Wildman–Crippen LogP) is 2.95. The molecule has 0 bridgehead atoms. The molecule has 0 spiro atoms. The summed E-state index contributed by atoms with van der Waals surface area (Å²) in [4.78, 5) is 25.0. The average Bonchev–Trinajstić information content (AvgIpc) is 2.92. The van der Waals surface area contributed by atoms with E-state index in [1.807, 2.05) is 6.07 Å². The second-order valence-corrected chi connectivity index (χ2v) is 9.43. The molecule has 0 heterocycles. The van der Waals surface area contributed by atoms with E-state index in [9.17, 15) is 23.1 Å². The molecule has 3 rings (SSSR count). The topological polar surface area (TPSA) is 116 Å². The Kier molecular flexibility index (Phi) is 8.96. The zero-order chi connectivity index (χ0) is 26.7. The van der Waals surface area contributed by atoms with Crippen LogP contribution in [-0.4, -0.2) is 56.4 Å². The van der Waals surface area contributed by atoms with Crippen molar-refractivity contribution in [3.63, 3.8) is 0 Å². The number of hydrogen-bond acceptors (Lipinski definition) is 8. The van der Waals surface area contributed by atoms with E-state index in [0.717, 1.165) is 5.56 Å². The summed E-state index contributed by atoms with van der Waals surface area (Å²) in [6.45, 7) is -0.427. The molecule has 3 aromatic carbocycles. The summed E-state index contributed by atoms with van der Waals surface area (Å²) in [5, 5.41) is 11.9. The van der Waals surface area contributed by atoms with Crippen molar-refractivity contribution in [1.29, 1.82) is 0 Å². The van der Waals surface area contributed by atoms with E-state index in [2.05, 4.69) is 0 Å². The normalized spacial score (nSPS) is 15.2. The van der Waals surface area contributed by atoms with Crippen LogP contribution in [0.1, 0.15) is 22.9 Å². The van der Waals surface area contributed by atoms with E-state index >= 15 is 0 Å². The minimum absolute atomic E-state index is 0.0542. The van der Waals surface area contributed by atoms with Crippen LogP contribution in [0.2, 0.25) is 0 Å². The molecule has 36 heavy (non-hydrogen) atoms. The van der Waals surface area contributed by atoms with Gasteiger partial charge < -0.3 is 14.6 Å². The quantitative estimate of drug-likeness (QED) is 0.211. The molecule has 0 aliphatic carbocycles. The lowest BCUT2D eigenvalue weighted by molar-refractivity contribution is -0.161.